The number of benzene rings is 2. The van der Waals surface area contributed by atoms with Crippen molar-refractivity contribution in [1.82, 2.24) is 14.7 Å². The molecule has 2 N–H and O–H groups in total. The maximum Gasteiger partial charge on any atom is 0.240 e. The molecule has 3 aromatic rings. The summed E-state index contributed by atoms with van der Waals surface area (Å²) in [4.78, 5) is 12.2. The van der Waals surface area contributed by atoms with Crippen LogP contribution >= 0.6 is 0 Å². The molecule has 0 saturated heterocycles. The number of hydrogen-bond donors (Lipinski definition) is 2. The number of para-hydroxylation sites is 1. The molecule has 1 heterocycles. The van der Waals surface area contributed by atoms with E-state index in [9.17, 15) is 8.42 Å². The second-order valence-corrected chi connectivity index (χ2v) is 11.4. The van der Waals surface area contributed by atoms with Gasteiger partial charge in [-0.1, -0.05) is 36.6 Å². The van der Waals surface area contributed by atoms with Gasteiger partial charge in [-0.15, -0.1) is 0 Å². The molecule has 0 bridgehead atoms. The van der Waals surface area contributed by atoms with E-state index >= 15 is 0 Å². The largest absolute Gasteiger partial charge is 0.356 e. The topological polar surface area (TPSA) is 87.2 Å². The highest BCUT2D eigenvalue weighted by Crippen LogP contribution is 2.30. The zero-order valence-corrected chi connectivity index (χ0v) is 22.5. The predicted molar refractivity (Wildman–Crippen MR) is 151 cm³/mol. The molecule has 0 radical (unpaired) electrons. The maximum absolute atomic E-state index is 12.7. The number of rotatable bonds is 11. The molecule has 0 atom stereocenters. The lowest BCUT2D eigenvalue weighted by Gasteiger charge is -2.29. The summed E-state index contributed by atoms with van der Waals surface area (Å²) >= 11 is 0. The van der Waals surface area contributed by atoms with Gasteiger partial charge in [0.25, 0.3) is 0 Å². The average molecular weight is 508 g/mol. The van der Waals surface area contributed by atoms with Gasteiger partial charge >= 0.3 is 0 Å². The Balaban J connectivity index is 1.30. The van der Waals surface area contributed by atoms with E-state index in [-0.39, 0.29) is 0 Å². The normalized spacial score (nSPS) is 18.2. The van der Waals surface area contributed by atoms with Crippen LogP contribution in [0, 0.1) is 11.8 Å². The predicted octanol–water partition coefficient (Wildman–Crippen LogP) is 3.78. The van der Waals surface area contributed by atoms with Crippen molar-refractivity contribution >= 4 is 45.4 Å². The Morgan fingerprint density at radius 2 is 1.56 bits per heavy atom. The van der Waals surface area contributed by atoms with Crippen molar-refractivity contribution in [2.45, 2.75) is 51.2 Å². The molecule has 1 aliphatic rings. The number of anilines is 2. The Labute approximate surface area is 216 Å². The number of sulfonamides is 1. The third-order valence-electron chi connectivity index (χ3n) is 7.37. The number of nitrogens with one attached hydrogen (secondary N) is 2. The van der Waals surface area contributed by atoms with Crippen molar-refractivity contribution in [3.63, 3.8) is 0 Å². The fraction of sp³-hybridized carbons (Fsp3) is 0.481. The van der Waals surface area contributed by atoms with E-state index in [1.807, 2.05) is 30.3 Å². The minimum absolute atomic E-state index is 0.344. The molecule has 1 saturated carbocycles. The number of fused-ring (bicyclic) bond motifs is 1. The molecule has 0 amide bonds. The summed E-state index contributed by atoms with van der Waals surface area (Å²) in [5.41, 5.74) is 2.09. The summed E-state index contributed by atoms with van der Waals surface area (Å²) in [7, 11) is -2.56. The summed E-state index contributed by atoms with van der Waals surface area (Å²) in [6.07, 6.45) is 4.18. The monoisotopic (exact) mass is 507 g/mol. The van der Waals surface area contributed by atoms with E-state index in [1.165, 1.54) is 0 Å². The third-order valence-corrected chi connectivity index (χ3v) is 8.80. The van der Waals surface area contributed by atoms with E-state index in [2.05, 4.69) is 41.7 Å². The molecule has 1 fully saturated rings. The van der Waals surface area contributed by atoms with Crippen LogP contribution in [0.25, 0.3) is 10.9 Å². The molecule has 0 aliphatic heterocycles. The summed E-state index contributed by atoms with van der Waals surface area (Å²) in [6, 6.07) is 15.3. The molecule has 36 heavy (non-hydrogen) atoms. The van der Waals surface area contributed by atoms with Gasteiger partial charge in [0.1, 0.15) is 5.82 Å². The Morgan fingerprint density at radius 3 is 2.19 bits per heavy atom. The van der Waals surface area contributed by atoms with Gasteiger partial charge < -0.3 is 10.2 Å². The van der Waals surface area contributed by atoms with Gasteiger partial charge in [-0.05, 0) is 75.6 Å². The number of hydrogen-bond acceptors (Lipinski definition) is 6. The first-order chi connectivity index (χ1) is 17.4. The standard InChI is InChI=1S/C27H38BN5O2S/c1-4-33(5-2)26-24-8-6-7-9-25(24)31-27(32-26)29-18-20-10-12-21(13-11-20)19-30-36(34,35)23-16-14-22(28-3)15-17-23/h6-9,14-17,20-21,28,30H,4-5,10-13,18-19H2,1-3H3,(H,29,31,32)/t20-,21-. The van der Waals surface area contributed by atoms with Crippen LogP contribution in [0.4, 0.5) is 11.8 Å². The zero-order chi connectivity index (χ0) is 25.5. The lowest BCUT2D eigenvalue weighted by molar-refractivity contribution is 0.284. The van der Waals surface area contributed by atoms with Crippen LogP contribution in [0.3, 0.4) is 0 Å². The fourth-order valence-electron chi connectivity index (χ4n) is 4.99. The van der Waals surface area contributed by atoms with Gasteiger partial charge in [-0.25, -0.2) is 18.1 Å². The molecule has 2 aromatic carbocycles. The molecule has 7 nitrogen and oxygen atoms in total. The van der Waals surface area contributed by atoms with E-state index < -0.39 is 10.0 Å². The minimum atomic E-state index is -3.46. The number of nitrogens with zero attached hydrogens (tertiary/aromatic N) is 3. The number of aromatic nitrogens is 2. The first-order valence-electron chi connectivity index (χ1n) is 13.3. The molecular weight excluding hydrogens is 469 g/mol. The van der Waals surface area contributed by atoms with Crippen LogP contribution < -0.4 is 20.4 Å². The van der Waals surface area contributed by atoms with Gasteiger partial charge in [0.05, 0.1) is 10.4 Å². The van der Waals surface area contributed by atoms with Crippen LogP contribution in [0.2, 0.25) is 6.82 Å². The molecule has 9 heteroatoms. The molecule has 1 aromatic heterocycles. The van der Waals surface area contributed by atoms with Crippen LogP contribution in [0.1, 0.15) is 39.5 Å². The van der Waals surface area contributed by atoms with Crippen molar-refractivity contribution in [3.05, 3.63) is 48.5 Å². The van der Waals surface area contributed by atoms with Crippen molar-refractivity contribution < 1.29 is 8.42 Å². The summed E-state index contributed by atoms with van der Waals surface area (Å²) in [6.45, 7) is 9.48. The summed E-state index contributed by atoms with van der Waals surface area (Å²) < 4.78 is 28.2. The van der Waals surface area contributed by atoms with Gasteiger partial charge in [0, 0.05) is 31.6 Å². The van der Waals surface area contributed by atoms with Gasteiger partial charge in [0.2, 0.25) is 16.0 Å². The van der Waals surface area contributed by atoms with Crippen molar-refractivity contribution in [1.29, 1.82) is 0 Å². The molecule has 0 spiro atoms. The van der Waals surface area contributed by atoms with E-state index in [4.69, 9.17) is 9.97 Å². The van der Waals surface area contributed by atoms with Gasteiger partial charge in [-0.2, -0.15) is 4.98 Å². The van der Waals surface area contributed by atoms with Crippen molar-refractivity contribution in [2.75, 3.05) is 36.4 Å². The Morgan fingerprint density at radius 1 is 0.917 bits per heavy atom. The van der Waals surface area contributed by atoms with Crippen LogP contribution in [-0.4, -0.2) is 51.8 Å². The van der Waals surface area contributed by atoms with Crippen LogP contribution in [0.5, 0.6) is 0 Å². The smallest absolute Gasteiger partial charge is 0.240 e. The molecule has 4 rings (SSSR count). The van der Waals surface area contributed by atoms with E-state index in [0.29, 0.717) is 29.2 Å². The average Bonchev–Trinajstić information content (AvgIpc) is 2.92. The second kappa shape index (κ2) is 12.1. The van der Waals surface area contributed by atoms with E-state index in [1.54, 1.807) is 12.1 Å². The van der Waals surface area contributed by atoms with E-state index in [0.717, 1.165) is 74.8 Å². The highest BCUT2D eigenvalue weighted by molar-refractivity contribution is 7.89. The lowest BCUT2D eigenvalue weighted by Crippen LogP contribution is -2.32. The Kier molecular flexibility index (Phi) is 8.85. The van der Waals surface area contributed by atoms with Gasteiger partial charge in [0.15, 0.2) is 7.28 Å². The molecule has 0 unspecified atom stereocenters. The minimum Gasteiger partial charge on any atom is -0.356 e. The first-order valence-corrected chi connectivity index (χ1v) is 14.8. The first kappa shape index (κ1) is 26.4. The van der Waals surface area contributed by atoms with Crippen molar-refractivity contribution in [2.24, 2.45) is 11.8 Å². The lowest BCUT2D eigenvalue weighted by atomic mass is 9.74. The molecule has 1 aliphatic carbocycles. The fourth-order valence-corrected chi connectivity index (χ4v) is 6.11. The second-order valence-electron chi connectivity index (χ2n) is 9.68. The Bertz CT molecular complexity index is 1240. The highest BCUT2D eigenvalue weighted by atomic mass is 32.2. The molecule has 192 valence electrons. The summed E-state index contributed by atoms with van der Waals surface area (Å²) in [5.74, 6) is 2.57. The third kappa shape index (κ3) is 6.37. The highest BCUT2D eigenvalue weighted by Gasteiger charge is 2.24. The quantitative estimate of drug-likeness (QED) is 0.384. The Hall–Kier alpha value is -2.65. The molecular formula is C27H38BN5O2S. The zero-order valence-electron chi connectivity index (χ0n) is 21.7. The maximum atomic E-state index is 12.7. The van der Waals surface area contributed by atoms with Crippen LogP contribution in [-0.2, 0) is 10.0 Å². The van der Waals surface area contributed by atoms with Gasteiger partial charge in [-0.3, -0.25) is 0 Å². The SMILES string of the molecule is CBc1ccc(S(=O)(=O)NC[C@H]2CC[C@H](CNc3nc(N(CC)CC)c4ccccc4n3)CC2)cc1. The van der Waals surface area contributed by atoms with Crippen molar-refractivity contribution in [3.8, 4) is 0 Å². The summed E-state index contributed by atoms with van der Waals surface area (Å²) in [5, 5.41) is 4.57. The van der Waals surface area contributed by atoms with Crippen LogP contribution in [0.15, 0.2) is 53.4 Å².